The molecule has 13 heteroatoms. The zero-order valence-electron chi connectivity index (χ0n) is 5.58. The van der Waals surface area contributed by atoms with Crippen LogP contribution in [-0.2, 0) is 34.8 Å². The van der Waals surface area contributed by atoms with E-state index in [0.29, 0.717) is 0 Å². The Bertz CT molecular complexity index is 112. The minimum absolute atomic E-state index is 0. The molecule has 0 saturated carbocycles. The standard InChI is InChI=1S/Mo.3H3O3P/c;3*1-4(2)3/h;3*4H,(H2,1,2,3)/q+6;;;/p-6. The van der Waals surface area contributed by atoms with E-state index in [-0.39, 0.29) is 21.1 Å². The Morgan fingerprint density at radius 2 is 0.538 bits per heavy atom. The summed E-state index contributed by atoms with van der Waals surface area (Å²) in [5.41, 5.74) is 0. The van der Waals surface area contributed by atoms with E-state index in [0.717, 1.165) is 0 Å². The molecule has 0 aliphatic carbocycles. The molecule has 0 N–H and O–H groups in total. The summed E-state index contributed by atoms with van der Waals surface area (Å²) < 4.78 is 25.6. The second-order valence-electron chi connectivity index (χ2n) is 0.750. The third-order valence-electron chi connectivity index (χ3n) is 0. The van der Waals surface area contributed by atoms with E-state index in [2.05, 4.69) is 0 Å². The minimum atomic E-state index is -3.63. The summed E-state index contributed by atoms with van der Waals surface area (Å²) in [6.07, 6.45) is 0. The van der Waals surface area contributed by atoms with Crippen molar-refractivity contribution in [2.75, 3.05) is 0 Å². The summed E-state index contributed by atoms with van der Waals surface area (Å²) in [7, 11) is -10.9. The maximum atomic E-state index is 8.52. The molecule has 0 aliphatic rings. The molecule has 0 saturated heterocycles. The van der Waals surface area contributed by atoms with Gasteiger partial charge in [0, 0.05) is 0 Å². The maximum absolute atomic E-state index is 8.52. The number of hydrogen-bond acceptors (Lipinski definition) is 9. The van der Waals surface area contributed by atoms with Crippen LogP contribution in [0.2, 0.25) is 0 Å². The smallest absolute Gasteiger partial charge is 0.813 e. The van der Waals surface area contributed by atoms with E-state index >= 15 is 0 Å². The largest absolute Gasteiger partial charge is 6.00 e. The molecule has 0 radical (unpaired) electrons. The van der Waals surface area contributed by atoms with E-state index in [1.165, 1.54) is 0 Å². The van der Waals surface area contributed by atoms with E-state index in [4.69, 9.17) is 43.1 Å². The van der Waals surface area contributed by atoms with Crippen LogP contribution >= 0.6 is 24.8 Å². The summed E-state index contributed by atoms with van der Waals surface area (Å²) >= 11 is 0. The van der Waals surface area contributed by atoms with Crippen molar-refractivity contribution < 1.29 is 64.1 Å². The topological polar surface area (TPSA) is 190 Å². The van der Waals surface area contributed by atoms with E-state index in [1.54, 1.807) is 0 Å². The van der Waals surface area contributed by atoms with Crippen molar-refractivity contribution in [3.8, 4) is 0 Å². The molecule has 9 nitrogen and oxygen atoms in total. The Morgan fingerprint density at radius 3 is 0.538 bits per heavy atom. The van der Waals surface area contributed by atoms with Gasteiger partial charge < -0.3 is 43.1 Å². The molecular formula is H3MoO9P3. The fourth-order valence-electron chi connectivity index (χ4n) is 0. The van der Waals surface area contributed by atoms with Gasteiger partial charge in [-0.2, -0.15) is 0 Å². The van der Waals surface area contributed by atoms with Crippen molar-refractivity contribution >= 4 is 24.8 Å². The first-order valence-corrected chi connectivity index (χ1v) is 5.51. The van der Waals surface area contributed by atoms with Gasteiger partial charge in [0.15, 0.2) is 0 Å². The quantitative estimate of drug-likeness (QED) is 0.306. The van der Waals surface area contributed by atoms with Crippen molar-refractivity contribution in [2.24, 2.45) is 0 Å². The first kappa shape index (κ1) is 23.7. The Labute approximate surface area is 89.2 Å². The fraction of sp³-hybridized carbons (Fsp3) is 0. The summed E-state index contributed by atoms with van der Waals surface area (Å²) in [5.74, 6) is 0. The van der Waals surface area contributed by atoms with E-state index in [9.17, 15) is 0 Å². The SMILES string of the molecule is O=[PH]([O-])[O-].O=[PH]([O-])[O-].O=[PH]([O-])[O-].[Mo+6]. The summed E-state index contributed by atoms with van der Waals surface area (Å²) in [6, 6.07) is 0. The van der Waals surface area contributed by atoms with Gasteiger partial charge in [-0.25, -0.2) is 0 Å². The van der Waals surface area contributed by atoms with Crippen LogP contribution < -0.4 is 29.4 Å². The Hall–Kier alpha value is 1.14. The predicted octanol–water partition coefficient (Wildman–Crippen LogP) is -5.71. The molecular weight excluding hydrogens is 333 g/mol. The molecule has 0 rings (SSSR count). The maximum Gasteiger partial charge on any atom is 6.00 e. The van der Waals surface area contributed by atoms with Crippen molar-refractivity contribution in [1.82, 2.24) is 0 Å². The molecule has 0 heterocycles. The Morgan fingerprint density at radius 1 is 0.538 bits per heavy atom. The van der Waals surface area contributed by atoms with Gasteiger partial charge in [0.05, 0.1) is 0 Å². The molecule has 0 fully saturated rings. The van der Waals surface area contributed by atoms with Crippen LogP contribution in [-0.4, -0.2) is 0 Å². The van der Waals surface area contributed by atoms with Gasteiger partial charge in [0.2, 0.25) is 0 Å². The molecule has 0 aromatic rings. The monoisotopic (exact) mass is 338 g/mol. The second kappa shape index (κ2) is 18.8. The van der Waals surface area contributed by atoms with Crippen LogP contribution in [0.15, 0.2) is 0 Å². The summed E-state index contributed by atoms with van der Waals surface area (Å²) in [6.45, 7) is 0. The molecule has 0 bridgehead atoms. The molecule has 0 amide bonds. The molecule has 13 heavy (non-hydrogen) atoms. The molecule has 78 valence electrons. The molecule has 0 atom stereocenters. The fourth-order valence-corrected chi connectivity index (χ4v) is 0. The summed E-state index contributed by atoms with van der Waals surface area (Å²) in [5, 5.41) is 0. The van der Waals surface area contributed by atoms with Gasteiger partial charge in [0.25, 0.3) is 0 Å². The van der Waals surface area contributed by atoms with Gasteiger partial charge in [-0.1, -0.05) is 24.8 Å². The van der Waals surface area contributed by atoms with Crippen molar-refractivity contribution in [3.63, 3.8) is 0 Å². The number of rotatable bonds is 0. The third kappa shape index (κ3) is 1260. The minimum Gasteiger partial charge on any atom is -0.813 e. The van der Waals surface area contributed by atoms with Crippen LogP contribution in [0.3, 0.4) is 0 Å². The van der Waals surface area contributed by atoms with Crippen molar-refractivity contribution in [2.45, 2.75) is 0 Å². The van der Waals surface area contributed by atoms with E-state index < -0.39 is 24.8 Å². The van der Waals surface area contributed by atoms with Gasteiger partial charge in [0.1, 0.15) is 0 Å². The second-order valence-corrected chi connectivity index (χ2v) is 2.25. The zero-order valence-corrected chi connectivity index (χ0v) is 10.6. The van der Waals surface area contributed by atoms with E-state index in [1.807, 2.05) is 0 Å². The molecule has 0 aliphatic heterocycles. The average Bonchev–Trinajstić information content (AvgIpc) is 1.54. The van der Waals surface area contributed by atoms with Crippen molar-refractivity contribution in [1.29, 1.82) is 0 Å². The molecule has 0 unspecified atom stereocenters. The van der Waals surface area contributed by atoms with Gasteiger partial charge in [-0.05, 0) is 0 Å². The molecule has 0 aromatic carbocycles. The van der Waals surface area contributed by atoms with Gasteiger partial charge in [-0.3, -0.25) is 0 Å². The van der Waals surface area contributed by atoms with Crippen LogP contribution in [0, 0.1) is 0 Å². The van der Waals surface area contributed by atoms with Gasteiger partial charge >= 0.3 is 21.1 Å². The number of hydrogen-bond donors (Lipinski definition) is 0. The average molecular weight is 336 g/mol. The normalized spacial score (nSPS) is 8.08. The third-order valence-corrected chi connectivity index (χ3v) is 0. The van der Waals surface area contributed by atoms with Gasteiger partial charge in [-0.15, -0.1) is 0 Å². The van der Waals surface area contributed by atoms with Crippen LogP contribution in [0.5, 0.6) is 0 Å². The zero-order chi connectivity index (χ0) is 10.7. The molecule has 0 spiro atoms. The Kier molecular flexibility index (Phi) is 34.4. The predicted molar refractivity (Wildman–Crippen MR) is 27.0 cm³/mol. The molecule has 0 aromatic heterocycles. The Balaban J connectivity index is -0.0000000450. The van der Waals surface area contributed by atoms with Crippen LogP contribution in [0.4, 0.5) is 0 Å². The first-order chi connectivity index (χ1) is 5.20. The van der Waals surface area contributed by atoms with Crippen molar-refractivity contribution in [3.05, 3.63) is 0 Å². The van der Waals surface area contributed by atoms with Crippen LogP contribution in [0.1, 0.15) is 0 Å². The first-order valence-electron chi connectivity index (χ1n) is 1.84. The van der Waals surface area contributed by atoms with Crippen LogP contribution in [0.25, 0.3) is 0 Å². The summed E-state index contributed by atoms with van der Waals surface area (Å²) in [4.78, 5) is 51.1.